The Morgan fingerprint density at radius 1 is 1.50 bits per heavy atom. The molecule has 2 aromatic rings. The van der Waals surface area contributed by atoms with Crippen LogP contribution in [0.5, 0.6) is 5.88 Å². The number of hydrogen-bond donors (Lipinski definition) is 1. The number of nitrogens with one attached hydrogen (secondary N) is 1. The van der Waals surface area contributed by atoms with Gasteiger partial charge in [-0.2, -0.15) is 4.98 Å². The highest BCUT2D eigenvalue weighted by Gasteiger charge is 2.24. The van der Waals surface area contributed by atoms with Gasteiger partial charge in [0.1, 0.15) is 5.82 Å². The fourth-order valence-corrected chi connectivity index (χ4v) is 3.78. The van der Waals surface area contributed by atoms with E-state index < -0.39 is 0 Å². The van der Waals surface area contributed by atoms with Crippen LogP contribution >= 0.6 is 11.3 Å². The van der Waals surface area contributed by atoms with Gasteiger partial charge in [0.15, 0.2) is 5.13 Å². The second-order valence-electron chi connectivity index (χ2n) is 5.92. The van der Waals surface area contributed by atoms with E-state index in [2.05, 4.69) is 25.2 Å². The normalized spacial score (nSPS) is 17.8. The van der Waals surface area contributed by atoms with Gasteiger partial charge in [0.05, 0.1) is 7.11 Å². The number of carbonyl (C=O) groups excluding carboxylic acids is 1. The lowest BCUT2D eigenvalue weighted by Gasteiger charge is -2.14. The summed E-state index contributed by atoms with van der Waals surface area (Å²) in [4.78, 5) is 27.6. The van der Waals surface area contributed by atoms with Crippen molar-refractivity contribution in [2.45, 2.75) is 26.3 Å². The Morgan fingerprint density at radius 3 is 3.17 bits per heavy atom. The molecule has 1 aliphatic heterocycles. The molecule has 0 aromatic carbocycles. The molecule has 1 unspecified atom stereocenters. The van der Waals surface area contributed by atoms with Crippen LogP contribution in [0.3, 0.4) is 0 Å². The fraction of sp³-hybridized carbons (Fsp3) is 0.500. The minimum atomic E-state index is -0.0876. The first kappa shape index (κ1) is 16.8. The van der Waals surface area contributed by atoms with Gasteiger partial charge in [0.25, 0.3) is 0 Å². The van der Waals surface area contributed by atoms with Crippen molar-refractivity contribution in [1.29, 1.82) is 0 Å². The maximum Gasteiger partial charge on any atom is 0.223 e. The summed E-state index contributed by atoms with van der Waals surface area (Å²) in [5.74, 6) is 1.92. The van der Waals surface area contributed by atoms with Gasteiger partial charge in [-0.25, -0.2) is 9.97 Å². The molecular weight excluding hydrogens is 326 g/mol. The Balaban J connectivity index is 1.51. The van der Waals surface area contributed by atoms with Crippen LogP contribution in [-0.2, 0) is 17.8 Å². The van der Waals surface area contributed by atoms with Crippen LogP contribution in [0.15, 0.2) is 18.5 Å². The van der Waals surface area contributed by atoms with E-state index in [1.807, 2.05) is 6.20 Å². The van der Waals surface area contributed by atoms with E-state index in [1.165, 1.54) is 18.3 Å². The summed E-state index contributed by atoms with van der Waals surface area (Å²) in [6.45, 7) is 4.44. The lowest BCUT2D eigenvalue weighted by molar-refractivity contribution is -0.114. The lowest BCUT2D eigenvalue weighted by atomic mass is 10.0. The van der Waals surface area contributed by atoms with E-state index in [9.17, 15) is 4.79 Å². The van der Waals surface area contributed by atoms with Crippen molar-refractivity contribution < 1.29 is 9.53 Å². The van der Waals surface area contributed by atoms with Gasteiger partial charge < -0.3 is 10.1 Å². The van der Waals surface area contributed by atoms with Crippen LogP contribution in [0.4, 0.5) is 5.13 Å². The highest BCUT2D eigenvalue weighted by molar-refractivity contribution is 7.15. The third-order valence-electron chi connectivity index (χ3n) is 3.95. The average molecular weight is 347 g/mol. The van der Waals surface area contributed by atoms with Gasteiger partial charge >= 0.3 is 0 Å². The number of amides is 1. The number of thiazole rings is 1. The van der Waals surface area contributed by atoms with Gasteiger partial charge in [-0.3, -0.25) is 9.69 Å². The van der Waals surface area contributed by atoms with Crippen LogP contribution in [-0.4, -0.2) is 46.0 Å². The molecule has 3 rings (SSSR count). The number of carbonyl (C=O) groups is 1. The number of hydrogen-bond acceptors (Lipinski definition) is 7. The lowest BCUT2D eigenvalue weighted by Crippen LogP contribution is -2.20. The van der Waals surface area contributed by atoms with Crippen LogP contribution in [0.2, 0.25) is 0 Å². The van der Waals surface area contributed by atoms with Crippen LogP contribution in [0.1, 0.15) is 24.0 Å². The summed E-state index contributed by atoms with van der Waals surface area (Å²) in [6.07, 6.45) is 5.59. The third kappa shape index (κ3) is 4.48. The maximum atomic E-state index is 11.1. The zero-order valence-electron chi connectivity index (χ0n) is 13.9. The van der Waals surface area contributed by atoms with Crippen molar-refractivity contribution in [2.75, 3.05) is 25.5 Å². The molecule has 1 atom stereocenters. The summed E-state index contributed by atoms with van der Waals surface area (Å²) in [5, 5.41) is 3.39. The Kier molecular flexibility index (Phi) is 5.37. The van der Waals surface area contributed by atoms with Gasteiger partial charge in [-0.05, 0) is 18.9 Å². The fourth-order valence-electron chi connectivity index (χ4n) is 2.88. The molecule has 0 spiro atoms. The summed E-state index contributed by atoms with van der Waals surface area (Å²) < 4.78 is 5.15. The molecule has 128 valence electrons. The molecule has 0 saturated carbocycles. The van der Waals surface area contributed by atoms with E-state index >= 15 is 0 Å². The van der Waals surface area contributed by atoms with Gasteiger partial charge in [-0.15, -0.1) is 11.3 Å². The highest BCUT2D eigenvalue weighted by Crippen LogP contribution is 2.25. The number of rotatable bonds is 6. The van der Waals surface area contributed by atoms with Crippen molar-refractivity contribution in [3.8, 4) is 5.88 Å². The van der Waals surface area contributed by atoms with Gasteiger partial charge in [0, 0.05) is 49.8 Å². The predicted molar refractivity (Wildman–Crippen MR) is 92.1 cm³/mol. The Labute approximate surface area is 145 Å². The predicted octanol–water partition coefficient (Wildman–Crippen LogP) is 1.96. The topological polar surface area (TPSA) is 80.2 Å². The third-order valence-corrected chi connectivity index (χ3v) is 4.84. The second-order valence-corrected chi connectivity index (χ2v) is 7.04. The van der Waals surface area contributed by atoms with Crippen LogP contribution in [0.25, 0.3) is 0 Å². The first-order valence-electron chi connectivity index (χ1n) is 7.93. The molecule has 24 heavy (non-hydrogen) atoms. The van der Waals surface area contributed by atoms with Crippen molar-refractivity contribution >= 4 is 22.4 Å². The zero-order valence-corrected chi connectivity index (χ0v) is 14.7. The van der Waals surface area contributed by atoms with Crippen LogP contribution in [0, 0.1) is 5.92 Å². The number of ether oxygens (including phenoxy) is 1. The van der Waals surface area contributed by atoms with Gasteiger partial charge in [-0.1, -0.05) is 0 Å². The molecule has 1 amide bonds. The van der Waals surface area contributed by atoms with Crippen molar-refractivity contribution in [1.82, 2.24) is 19.9 Å². The van der Waals surface area contributed by atoms with E-state index in [-0.39, 0.29) is 5.91 Å². The van der Waals surface area contributed by atoms with E-state index in [0.29, 0.717) is 16.9 Å². The standard InChI is InChI=1S/C16H21N5O2S/c1-11(22)19-16-18-8-13(24-16)10-21-6-4-12(9-21)7-14-17-5-3-15(20-14)23-2/h3,5,8,12H,4,6-7,9-10H2,1-2H3,(H,18,19,22). The zero-order chi connectivity index (χ0) is 16.9. The minimum absolute atomic E-state index is 0.0876. The maximum absolute atomic E-state index is 11.1. The molecule has 0 radical (unpaired) electrons. The SMILES string of the molecule is COc1ccnc(CC2CCN(Cc3cnc(NC(C)=O)s3)C2)n1. The second kappa shape index (κ2) is 7.67. The minimum Gasteiger partial charge on any atom is -0.481 e. The quantitative estimate of drug-likeness (QED) is 0.860. The number of methoxy groups -OCH3 is 1. The highest BCUT2D eigenvalue weighted by atomic mass is 32.1. The number of likely N-dealkylation sites (tertiary alicyclic amines) is 1. The molecule has 0 aliphatic carbocycles. The van der Waals surface area contributed by atoms with E-state index in [1.54, 1.807) is 19.4 Å². The molecule has 1 fully saturated rings. The van der Waals surface area contributed by atoms with E-state index in [0.717, 1.165) is 43.2 Å². The summed E-state index contributed by atoms with van der Waals surface area (Å²) >= 11 is 1.53. The Hall–Kier alpha value is -2.06. The number of aromatic nitrogens is 3. The first-order valence-corrected chi connectivity index (χ1v) is 8.74. The molecule has 8 heteroatoms. The van der Waals surface area contributed by atoms with Crippen molar-refractivity contribution in [3.63, 3.8) is 0 Å². The van der Waals surface area contributed by atoms with Crippen molar-refractivity contribution in [3.05, 3.63) is 29.2 Å². The molecule has 0 bridgehead atoms. The summed E-state index contributed by atoms with van der Waals surface area (Å²) in [6, 6.07) is 1.76. The number of nitrogens with zero attached hydrogens (tertiary/aromatic N) is 4. The molecule has 7 nitrogen and oxygen atoms in total. The Morgan fingerprint density at radius 2 is 2.38 bits per heavy atom. The monoisotopic (exact) mass is 347 g/mol. The van der Waals surface area contributed by atoms with E-state index in [4.69, 9.17) is 4.74 Å². The summed E-state index contributed by atoms with van der Waals surface area (Å²) in [7, 11) is 1.62. The first-order chi connectivity index (χ1) is 11.6. The van der Waals surface area contributed by atoms with Crippen molar-refractivity contribution in [2.24, 2.45) is 5.92 Å². The smallest absolute Gasteiger partial charge is 0.223 e. The molecule has 2 aromatic heterocycles. The van der Waals surface area contributed by atoms with Gasteiger partial charge in [0.2, 0.25) is 11.8 Å². The molecular formula is C16H21N5O2S. The summed E-state index contributed by atoms with van der Waals surface area (Å²) in [5.41, 5.74) is 0. The number of anilines is 1. The molecule has 3 heterocycles. The molecule has 1 saturated heterocycles. The average Bonchev–Trinajstić information content (AvgIpc) is 3.17. The molecule has 1 aliphatic rings. The van der Waals surface area contributed by atoms with Crippen LogP contribution < -0.4 is 10.1 Å². The largest absolute Gasteiger partial charge is 0.481 e. The Bertz CT molecular complexity index is 705. The molecule has 1 N–H and O–H groups in total.